The van der Waals surface area contributed by atoms with Crippen molar-refractivity contribution >= 4 is 21.1 Å². The molecular formula is C20H16N2O4S. The molecule has 0 saturated heterocycles. The molecular weight excluding hydrogens is 364 g/mol. The first kappa shape index (κ1) is 17.3. The lowest BCUT2D eigenvalue weighted by atomic mass is 10.00. The third-order valence-corrected chi connectivity index (χ3v) is 5.66. The predicted molar refractivity (Wildman–Crippen MR) is 102 cm³/mol. The maximum absolute atomic E-state index is 13.0. The van der Waals surface area contributed by atoms with Crippen molar-refractivity contribution in [3.8, 4) is 0 Å². The Bertz CT molecular complexity index is 1190. The number of oxazole rings is 1. The van der Waals surface area contributed by atoms with Crippen LogP contribution in [-0.4, -0.2) is 13.4 Å². The van der Waals surface area contributed by atoms with Crippen LogP contribution in [0, 0.1) is 0 Å². The zero-order valence-electron chi connectivity index (χ0n) is 14.1. The molecule has 27 heavy (non-hydrogen) atoms. The zero-order valence-corrected chi connectivity index (χ0v) is 14.9. The maximum Gasteiger partial charge on any atom is 0.417 e. The van der Waals surface area contributed by atoms with E-state index in [4.69, 9.17) is 4.42 Å². The summed E-state index contributed by atoms with van der Waals surface area (Å²) in [5.41, 5.74) is 2.28. The van der Waals surface area contributed by atoms with Crippen LogP contribution in [0.15, 0.2) is 93.0 Å². The van der Waals surface area contributed by atoms with E-state index in [1.54, 1.807) is 0 Å². The van der Waals surface area contributed by atoms with E-state index >= 15 is 0 Å². The van der Waals surface area contributed by atoms with Gasteiger partial charge >= 0.3 is 5.76 Å². The van der Waals surface area contributed by atoms with Crippen LogP contribution >= 0.6 is 0 Å². The monoisotopic (exact) mass is 380 g/mol. The van der Waals surface area contributed by atoms with Crippen molar-refractivity contribution in [1.29, 1.82) is 0 Å². The summed E-state index contributed by atoms with van der Waals surface area (Å²) in [6.45, 7) is 0. The summed E-state index contributed by atoms with van der Waals surface area (Å²) in [5.74, 6) is -0.626. The van der Waals surface area contributed by atoms with Crippen LogP contribution in [0.5, 0.6) is 0 Å². The number of nitrogens with one attached hydrogen (secondary N) is 2. The van der Waals surface area contributed by atoms with E-state index in [1.165, 1.54) is 18.2 Å². The lowest BCUT2D eigenvalue weighted by Gasteiger charge is -2.20. The Labute approximate surface area is 155 Å². The molecule has 7 heteroatoms. The second-order valence-electron chi connectivity index (χ2n) is 6.05. The SMILES string of the molecule is O=c1[nH]c2ccc(S(=O)(=O)NC(c3ccccc3)c3ccccc3)cc2o1. The summed E-state index contributed by atoms with van der Waals surface area (Å²) in [6.07, 6.45) is 0. The van der Waals surface area contributed by atoms with Gasteiger partial charge in [-0.1, -0.05) is 60.7 Å². The summed E-state index contributed by atoms with van der Waals surface area (Å²) in [5, 5.41) is 0. The highest BCUT2D eigenvalue weighted by Crippen LogP contribution is 2.25. The molecule has 4 rings (SSSR count). The highest BCUT2D eigenvalue weighted by molar-refractivity contribution is 7.89. The van der Waals surface area contributed by atoms with Crippen LogP contribution in [0.4, 0.5) is 0 Å². The van der Waals surface area contributed by atoms with Gasteiger partial charge in [-0.05, 0) is 23.3 Å². The molecule has 6 nitrogen and oxygen atoms in total. The highest BCUT2D eigenvalue weighted by Gasteiger charge is 2.23. The standard InChI is InChI=1S/C20H16N2O4S/c23-20-21-17-12-11-16(13-18(17)26-20)27(24,25)22-19(14-7-3-1-4-8-14)15-9-5-2-6-10-15/h1-13,19,22H,(H,21,23). The molecule has 0 saturated carbocycles. The molecule has 0 bridgehead atoms. The van der Waals surface area contributed by atoms with Gasteiger partial charge in [0.2, 0.25) is 10.0 Å². The fourth-order valence-corrected chi connectivity index (χ4v) is 4.16. The molecule has 136 valence electrons. The van der Waals surface area contributed by atoms with Gasteiger partial charge in [0.1, 0.15) is 0 Å². The molecule has 0 unspecified atom stereocenters. The van der Waals surface area contributed by atoms with Crippen LogP contribution in [0.1, 0.15) is 17.2 Å². The van der Waals surface area contributed by atoms with Crippen LogP contribution in [0.3, 0.4) is 0 Å². The fourth-order valence-electron chi connectivity index (χ4n) is 2.94. The molecule has 3 aromatic carbocycles. The maximum atomic E-state index is 13.0. The van der Waals surface area contributed by atoms with Crippen LogP contribution in [0.2, 0.25) is 0 Å². The minimum absolute atomic E-state index is 0.0228. The molecule has 2 N–H and O–H groups in total. The van der Waals surface area contributed by atoms with Crippen molar-refractivity contribution < 1.29 is 12.8 Å². The normalized spacial score (nSPS) is 11.9. The average molecular weight is 380 g/mol. The number of sulfonamides is 1. The number of H-pyrrole nitrogens is 1. The summed E-state index contributed by atoms with van der Waals surface area (Å²) in [7, 11) is -3.86. The molecule has 0 fully saturated rings. The Balaban J connectivity index is 1.75. The summed E-state index contributed by atoms with van der Waals surface area (Å²) >= 11 is 0. The molecule has 0 spiro atoms. The van der Waals surface area contributed by atoms with Gasteiger partial charge < -0.3 is 4.42 Å². The zero-order chi connectivity index (χ0) is 18.9. The fraction of sp³-hybridized carbons (Fsp3) is 0.0500. The van der Waals surface area contributed by atoms with Gasteiger partial charge in [-0.3, -0.25) is 4.98 Å². The first-order valence-electron chi connectivity index (χ1n) is 8.28. The van der Waals surface area contributed by atoms with E-state index < -0.39 is 21.8 Å². The van der Waals surface area contributed by atoms with Crippen molar-refractivity contribution in [2.24, 2.45) is 0 Å². The Morgan fingerprint density at radius 3 is 2.04 bits per heavy atom. The predicted octanol–water partition coefficient (Wildman–Crippen LogP) is 3.19. The van der Waals surface area contributed by atoms with Gasteiger partial charge in [-0.2, -0.15) is 4.72 Å². The average Bonchev–Trinajstić information content (AvgIpc) is 3.07. The van der Waals surface area contributed by atoms with E-state index in [2.05, 4.69) is 9.71 Å². The molecule has 0 aliphatic rings. The Morgan fingerprint density at radius 1 is 0.852 bits per heavy atom. The molecule has 0 aliphatic carbocycles. The topological polar surface area (TPSA) is 92.2 Å². The van der Waals surface area contributed by atoms with Gasteiger partial charge in [0.05, 0.1) is 16.5 Å². The van der Waals surface area contributed by atoms with Crippen molar-refractivity contribution in [2.75, 3.05) is 0 Å². The molecule has 1 aromatic heterocycles. The van der Waals surface area contributed by atoms with Crippen molar-refractivity contribution in [3.05, 3.63) is 101 Å². The van der Waals surface area contributed by atoms with Gasteiger partial charge in [-0.25, -0.2) is 13.2 Å². The van der Waals surface area contributed by atoms with Gasteiger partial charge in [0.25, 0.3) is 0 Å². The largest absolute Gasteiger partial charge is 0.417 e. The summed E-state index contributed by atoms with van der Waals surface area (Å²) in [4.78, 5) is 13.8. The second-order valence-corrected chi connectivity index (χ2v) is 7.76. The van der Waals surface area contributed by atoms with Crippen LogP contribution in [0.25, 0.3) is 11.1 Å². The van der Waals surface area contributed by atoms with Crippen molar-refractivity contribution in [3.63, 3.8) is 0 Å². The number of aromatic nitrogens is 1. The highest BCUT2D eigenvalue weighted by atomic mass is 32.2. The lowest BCUT2D eigenvalue weighted by Crippen LogP contribution is -2.29. The van der Waals surface area contributed by atoms with E-state index in [0.717, 1.165) is 11.1 Å². The third-order valence-electron chi connectivity index (χ3n) is 4.24. The molecule has 4 aromatic rings. The van der Waals surface area contributed by atoms with E-state index in [-0.39, 0.29) is 10.5 Å². The Kier molecular flexibility index (Phi) is 4.39. The van der Waals surface area contributed by atoms with Crippen molar-refractivity contribution in [1.82, 2.24) is 9.71 Å². The first-order valence-corrected chi connectivity index (χ1v) is 9.76. The number of hydrogen-bond acceptors (Lipinski definition) is 4. The van der Waals surface area contributed by atoms with Gasteiger partial charge in [0.15, 0.2) is 5.58 Å². The van der Waals surface area contributed by atoms with Crippen LogP contribution in [-0.2, 0) is 10.0 Å². The lowest BCUT2D eigenvalue weighted by molar-refractivity contribution is 0.552. The number of fused-ring (bicyclic) bond motifs is 1. The minimum atomic E-state index is -3.86. The summed E-state index contributed by atoms with van der Waals surface area (Å²) < 4.78 is 33.7. The second kappa shape index (κ2) is 6.86. The Hall–Kier alpha value is -3.16. The first-order chi connectivity index (χ1) is 13.0. The smallest absolute Gasteiger partial charge is 0.408 e. The molecule has 0 amide bonds. The van der Waals surface area contributed by atoms with Gasteiger partial charge in [-0.15, -0.1) is 0 Å². The minimum Gasteiger partial charge on any atom is -0.408 e. The third kappa shape index (κ3) is 3.55. The van der Waals surface area contributed by atoms with Gasteiger partial charge in [0, 0.05) is 6.07 Å². The number of hydrogen-bond donors (Lipinski definition) is 2. The number of benzene rings is 3. The number of aromatic amines is 1. The Morgan fingerprint density at radius 2 is 1.44 bits per heavy atom. The van der Waals surface area contributed by atoms with E-state index in [0.29, 0.717) is 5.52 Å². The summed E-state index contributed by atoms with van der Waals surface area (Å²) in [6, 6.07) is 22.4. The molecule has 0 radical (unpaired) electrons. The van der Waals surface area contributed by atoms with Crippen LogP contribution < -0.4 is 10.5 Å². The number of rotatable bonds is 5. The molecule has 0 aliphatic heterocycles. The molecule has 1 heterocycles. The van der Waals surface area contributed by atoms with Crippen molar-refractivity contribution in [2.45, 2.75) is 10.9 Å². The molecule has 0 atom stereocenters. The quantitative estimate of drug-likeness (QED) is 0.556. The van der Waals surface area contributed by atoms with E-state index in [1.807, 2.05) is 60.7 Å². The van der Waals surface area contributed by atoms with E-state index in [9.17, 15) is 13.2 Å².